The van der Waals surface area contributed by atoms with Gasteiger partial charge >= 0.3 is 0 Å². The summed E-state index contributed by atoms with van der Waals surface area (Å²) in [5.41, 5.74) is 2.88. The first kappa shape index (κ1) is 13.3. The molecule has 0 aromatic heterocycles. The molecule has 0 unspecified atom stereocenters. The van der Waals surface area contributed by atoms with Crippen LogP contribution in [0.1, 0.15) is 39.5 Å². The number of nitrogens with zero attached hydrogens (tertiary/aromatic N) is 2. The van der Waals surface area contributed by atoms with Crippen molar-refractivity contribution in [3.63, 3.8) is 0 Å². The summed E-state index contributed by atoms with van der Waals surface area (Å²) in [6.07, 6.45) is 5.14. The highest BCUT2D eigenvalue weighted by molar-refractivity contribution is 5.73. The molecule has 18 heavy (non-hydrogen) atoms. The molecule has 0 fully saturated rings. The van der Waals surface area contributed by atoms with Crippen LogP contribution in [0.2, 0.25) is 0 Å². The van der Waals surface area contributed by atoms with E-state index in [0.717, 1.165) is 0 Å². The van der Waals surface area contributed by atoms with Crippen LogP contribution < -0.4 is 9.80 Å². The summed E-state index contributed by atoms with van der Waals surface area (Å²) in [5.74, 6) is 0. The molecule has 0 bridgehead atoms. The normalized spacial score (nSPS) is 14.8. The van der Waals surface area contributed by atoms with Gasteiger partial charge in [0.05, 0.1) is 11.4 Å². The third kappa shape index (κ3) is 2.98. The van der Waals surface area contributed by atoms with Crippen molar-refractivity contribution >= 4 is 11.4 Å². The number of benzene rings is 1. The van der Waals surface area contributed by atoms with Crippen LogP contribution in [0.25, 0.3) is 0 Å². The van der Waals surface area contributed by atoms with Crippen LogP contribution in [-0.2, 0) is 0 Å². The molecular weight excluding hydrogens is 220 g/mol. The molecule has 1 aromatic carbocycles. The molecule has 0 saturated heterocycles. The van der Waals surface area contributed by atoms with Crippen LogP contribution in [0, 0.1) is 0 Å². The average Bonchev–Trinajstić information content (AvgIpc) is 2.43. The van der Waals surface area contributed by atoms with Crippen LogP contribution in [0.5, 0.6) is 0 Å². The third-order valence-electron chi connectivity index (χ3n) is 3.77. The summed E-state index contributed by atoms with van der Waals surface area (Å²) >= 11 is 0. The number of hydrogen-bond donors (Lipinski definition) is 0. The maximum absolute atomic E-state index is 2.56. The second-order valence-corrected chi connectivity index (χ2v) is 5.17. The van der Waals surface area contributed by atoms with Crippen LogP contribution in [0.15, 0.2) is 24.3 Å². The Labute approximate surface area is 112 Å². The third-order valence-corrected chi connectivity index (χ3v) is 3.77. The highest BCUT2D eigenvalue weighted by Crippen LogP contribution is 2.32. The molecule has 0 atom stereocenters. The molecule has 2 nitrogen and oxygen atoms in total. The Hall–Kier alpha value is -1.18. The van der Waals surface area contributed by atoms with Crippen molar-refractivity contribution in [2.75, 3.05) is 36.0 Å². The van der Waals surface area contributed by atoms with Gasteiger partial charge in [0.1, 0.15) is 0 Å². The molecule has 1 aliphatic heterocycles. The van der Waals surface area contributed by atoms with Gasteiger partial charge in [0, 0.05) is 26.2 Å². The number of anilines is 2. The highest BCUT2D eigenvalue weighted by Gasteiger charge is 2.20. The molecule has 0 N–H and O–H groups in total. The first-order valence-electron chi connectivity index (χ1n) is 7.45. The number of para-hydroxylation sites is 2. The molecule has 0 aliphatic carbocycles. The second kappa shape index (κ2) is 6.67. The van der Waals surface area contributed by atoms with Gasteiger partial charge in [-0.25, -0.2) is 0 Å². The predicted octanol–water partition coefficient (Wildman–Crippen LogP) is 3.91. The average molecular weight is 246 g/mol. The minimum absolute atomic E-state index is 1.18. The van der Waals surface area contributed by atoms with E-state index in [0.29, 0.717) is 0 Å². The lowest BCUT2D eigenvalue weighted by Crippen LogP contribution is -2.41. The van der Waals surface area contributed by atoms with E-state index in [1.165, 1.54) is 63.2 Å². The fraction of sp³-hybridized carbons (Fsp3) is 0.625. The first-order valence-corrected chi connectivity index (χ1v) is 7.45. The molecule has 2 rings (SSSR count). The first-order chi connectivity index (χ1) is 8.86. The topological polar surface area (TPSA) is 6.48 Å². The van der Waals surface area contributed by atoms with E-state index in [1.807, 2.05) is 0 Å². The van der Waals surface area contributed by atoms with Crippen LogP contribution in [0.4, 0.5) is 11.4 Å². The maximum atomic E-state index is 2.56. The molecule has 0 saturated carbocycles. The Morgan fingerprint density at radius 3 is 1.67 bits per heavy atom. The van der Waals surface area contributed by atoms with E-state index < -0.39 is 0 Å². The highest BCUT2D eigenvalue weighted by atomic mass is 15.3. The van der Waals surface area contributed by atoms with Crippen molar-refractivity contribution in [1.82, 2.24) is 0 Å². The van der Waals surface area contributed by atoms with Gasteiger partial charge in [-0.2, -0.15) is 0 Å². The monoisotopic (exact) mass is 246 g/mol. The van der Waals surface area contributed by atoms with Crippen LogP contribution in [-0.4, -0.2) is 26.2 Å². The molecule has 0 spiro atoms. The van der Waals surface area contributed by atoms with E-state index in [4.69, 9.17) is 0 Å². The van der Waals surface area contributed by atoms with Crippen LogP contribution >= 0.6 is 0 Å². The molecule has 2 heteroatoms. The van der Waals surface area contributed by atoms with E-state index in [1.54, 1.807) is 0 Å². The van der Waals surface area contributed by atoms with Crippen molar-refractivity contribution in [2.45, 2.75) is 39.5 Å². The fourth-order valence-corrected chi connectivity index (χ4v) is 2.64. The van der Waals surface area contributed by atoms with Gasteiger partial charge < -0.3 is 9.80 Å². The lowest BCUT2D eigenvalue weighted by Gasteiger charge is -2.39. The van der Waals surface area contributed by atoms with E-state index in [-0.39, 0.29) is 0 Å². The van der Waals surface area contributed by atoms with Crippen molar-refractivity contribution < 1.29 is 0 Å². The fourth-order valence-electron chi connectivity index (χ4n) is 2.64. The standard InChI is InChI=1S/C16H26N2/c1-3-5-11-17-13-14-18(12-6-4-2)16-10-8-7-9-15(16)17/h7-10H,3-6,11-14H2,1-2H3. The number of fused-ring (bicyclic) bond motifs is 1. The molecule has 1 aliphatic rings. The molecule has 100 valence electrons. The second-order valence-electron chi connectivity index (χ2n) is 5.17. The Morgan fingerprint density at radius 1 is 0.833 bits per heavy atom. The van der Waals surface area contributed by atoms with Crippen molar-refractivity contribution in [1.29, 1.82) is 0 Å². The van der Waals surface area contributed by atoms with E-state index in [2.05, 4.69) is 47.9 Å². The van der Waals surface area contributed by atoms with Crippen molar-refractivity contribution in [3.05, 3.63) is 24.3 Å². The van der Waals surface area contributed by atoms with Gasteiger partial charge in [-0.15, -0.1) is 0 Å². The SMILES string of the molecule is CCCCN1CCN(CCCC)c2ccccc21. The molecule has 1 aromatic rings. The van der Waals surface area contributed by atoms with Gasteiger partial charge in [-0.05, 0) is 25.0 Å². The quantitative estimate of drug-likeness (QED) is 0.751. The Balaban J connectivity index is 2.12. The molecule has 1 heterocycles. The summed E-state index contributed by atoms with van der Waals surface area (Å²) in [6.45, 7) is 9.30. The summed E-state index contributed by atoms with van der Waals surface area (Å²) in [6, 6.07) is 8.90. The van der Waals surface area contributed by atoms with Gasteiger partial charge in [0.15, 0.2) is 0 Å². The van der Waals surface area contributed by atoms with Crippen molar-refractivity contribution in [2.24, 2.45) is 0 Å². The lowest BCUT2D eigenvalue weighted by molar-refractivity contribution is 0.648. The lowest BCUT2D eigenvalue weighted by atomic mass is 10.1. The maximum Gasteiger partial charge on any atom is 0.0604 e. The summed E-state index contributed by atoms with van der Waals surface area (Å²) < 4.78 is 0. The van der Waals surface area contributed by atoms with Crippen molar-refractivity contribution in [3.8, 4) is 0 Å². The number of unbranched alkanes of at least 4 members (excludes halogenated alkanes) is 2. The predicted molar refractivity (Wildman–Crippen MR) is 80.7 cm³/mol. The van der Waals surface area contributed by atoms with Gasteiger partial charge in [0.25, 0.3) is 0 Å². The molecule has 0 amide bonds. The summed E-state index contributed by atoms with van der Waals surface area (Å²) in [5, 5.41) is 0. The Bertz CT molecular complexity index is 327. The van der Waals surface area contributed by atoms with Gasteiger partial charge in [-0.1, -0.05) is 38.8 Å². The zero-order valence-corrected chi connectivity index (χ0v) is 11.9. The zero-order valence-electron chi connectivity index (χ0n) is 11.9. The van der Waals surface area contributed by atoms with E-state index >= 15 is 0 Å². The minimum Gasteiger partial charge on any atom is -0.368 e. The number of hydrogen-bond acceptors (Lipinski definition) is 2. The molecular formula is C16H26N2. The molecule has 0 radical (unpaired) electrons. The smallest absolute Gasteiger partial charge is 0.0604 e. The van der Waals surface area contributed by atoms with Gasteiger partial charge in [0.2, 0.25) is 0 Å². The Morgan fingerprint density at radius 2 is 1.28 bits per heavy atom. The van der Waals surface area contributed by atoms with Gasteiger partial charge in [-0.3, -0.25) is 0 Å². The summed E-state index contributed by atoms with van der Waals surface area (Å²) in [7, 11) is 0. The number of rotatable bonds is 6. The Kier molecular flexibility index (Phi) is 4.91. The largest absolute Gasteiger partial charge is 0.368 e. The van der Waals surface area contributed by atoms with Crippen LogP contribution in [0.3, 0.4) is 0 Å². The van der Waals surface area contributed by atoms with E-state index in [9.17, 15) is 0 Å². The zero-order chi connectivity index (χ0) is 12.8. The minimum atomic E-state index is 1.18. The summed E-state index contributed by atoms with van der Waals surface area (Å²) in [4.78, 5) is 5.11.